The molecule has 0 saturated heterocycles. The maximum atomic E-state index is 11.4. The van der Waals surface area contributed by atoms with Gasteiger partial charge in [0.2, 0.25) is 5.89 Å². The predicted molar refractivity (Wildman–Crippen MR) is 71.8 cm³/mol. The highest BCUT2D eigenvalue weighted by Gasteiger charge is 2.15. The van der Waals surface area contributed by atoms with Gasteiger partial charge in [-0.05, 0) is 32.9 Å². The molecule has 0 fully saturated rings. The van der Waals surface area contributed by atoms with Crippen LogP contribution in [-0.2, 0) is 16.0 Å². The van der Waals surface area contributed by atoms with Crippen molar-refractivity contribution in [2.24, 2.45) is 0 Å². The highest BCUT2D eigenvalue weighted by atomic mass is 16.5. The van der Waals surface area contributed by atoms with E-state index >= 15 is 0 Å². The minimum absolute atomic E-state index is 0.124. The number of esters is 1. The SMILES string of the molecule is CCOC(=O)Cc1oc(-c2ccc(C)cc2)nc1C. The van der Waals surface area contributed by atoms with E-state index in [0.717, 1.165) is 11.3 Å². The molecule has 0 radical (unpaired) electrons. The van der Waals surface area contributed by atoms with Crippen molar-refractivity contribution in [1.82, 2.24) is 4.98 Å². The Bertz CT molecular complexity index is 570. The summed E-state index contributed by atoms with van der Waals surface area (Å²) >= 11 is 0. The second-order valence-corrected chi connectivity index (χ2v) is 4.38. The number of carbonyl (C=O) groups excluding carboxylic acids is 1. The Balaban J connectivity index is 2.21. The Hall–Kier alpha value is -2.10. The van der Waals surface area contributed by atoms with Crippen molar-refractivity contribution in [3.8, 4) is 11.5 Å². The van der Waals surface area contributed by atoms with Gasteiger partial charge in [-0.25, -0.2) is 4.98 Å². The highest BCUT2D eigenvalue weighted by molar-refractivity contribution is 5.72. The summed E-state index contributed by atoms with van der Waals surface area (Å²) in [5, 5.41) is 0. The fraction of sp³-hybridized carbons (Fsp3) is 0.333. The van der Waals surface area contributed by atoms with Gasteiger partial charge in [-0.15, -0.1) is 0 Å². The van der Waals surface area contributed by atoms with E-state index in [9.17, 15) is 4.79 Å². The van der Waals surface area contributed by atoms with Gasteiger partial charge in [0, 0.05) is 5.56 Å². The molecule has 0 unspecified atom stereocenters. The molecule has 0 aliphatic heterocycles. The number of hydrogen-bond acceptors (Lipinski definition) is 4. The van der Waals surface area contributed by atoms with Crippen LogP contribution in [0.1, 0.15) is 23.9 Å². The van der Waals surface area contributed by atoms with Crippen LogP contribution in [0.5, 0.6) is 0 Å². The van der Waals surface area contributed by atoms with Crippen LogP contribution in [0.4, 0.5) is 0 Å². The minimum Gasteiger partial charge on any atom is -0.466 e. The third kappa shape index (κ3) is 3.22. The monoisotopic (exact) mass is 259 g/mol. The molecular weight excluding hydrogens is 242 g/mol. The molecule has 19 heavy (non-hydrogen) atoms. The summed E-state index contributed by atoms with van der Waals surface area (Å²) in [5.74, 6) is 0.808. The minimum atomic E-state index is -0.294. The molecule has 4 heteroatoms. The highest BCUT2D eigenvalue weighted by Crippen LogP contribution is 2.22. The van der Waals surface area contributed by atoms with Crippen molar-refractivity contribution in [2.75, 3.05) is 6.61 Å². The summed E-state index contributed by atoms with van der Waals surface area (Å²) in [4.78, 5) is 15.8. The molecule has 4 nitrogen and oxygen atoms in total. The van der Waals surface area contributed by atoms with Crippen molar-refractivity contribution in [3.63, 3.8) is 0 Å². The number of aryl methyl sites for hydroxylation is 2. The lowest BCUT2D eigenvalue weighted by Crippen LogP contribution is -2.07. The summed E-state index contributed by atoms with van der Waals surface area (Å²) in [6.45, 7) is 6.01. The predicted octanol–water partition coefficient (Wildman–Crippen LogP) is 3.06. The van der Waals surface area contributed by atoms with Gasteiger partial charge >= 0.3 is 5.97 Å². The topological polar surface area (TPSA) is 52.3 Å². The van der Waals surface area contributed by atoms with Crippen molar-refractivity contribution in [2.45, 2.75) is 27.2 Å². The van der Waals surface area contributed by atoms with E-state index in [1.165, 1.54) is 5.56 Å². The first kappa shape index (κ1) is 13.3. The lowest BCUT2D eigenvalue weighted by atomic mass is 10.1. The van der Waals surface area contributed by atoms with E-state index in [4.69, 9.17) is 9.15 Å². The Kier molecular flexibility index (Phi) is 4.00. The molecule has 1 aromatic heterocycles. The number of rotatable bonds is 4. The van der Waals surface area contributed by atoms with Crippen molar-refractivity contribution in [1.29, 1.82) is 0 Å². The van der Waals surface area contributed by atoms with Crippen molar-refractivity contribution < 1.29 is 13.9 Å². The third-order valence-corrected chi connectivity index (χ3v) is 2.80. The number of ether oxygens (including phenoxy) is 1. The average molecular weight is 259 g/mol. The zero-order valence-electron chi connectivity index (χ0n) is 11.4. The normalized spacial score (nSPS) is 10.5. The fourth-order valence-electron chi connectivity index (χ4n) is 1.75. The average Bonchev–Trinajstić information content (AvgIpc) is 2.72. The largest absolute Gasteiger partial charge is 0.466 e. The van der Waals surface area contributed by atoms with E-state index in [1.807, 2.05) is 38.1 Å². The van der Waals surface area contributed by atoms with Crippen LogP contribution in [0.3, 0.4) is 0 Å². The zero-order valence-corrected chi connectivity index (χ0v) is 11.4. The third-order valence-electron chi connectivity index (χ3n) is 2.80. The molecule has 0 saturated carbocycles. The van der Waals surface area contributed by atoms with E-state index in [-0.39, 0.29) is 12.4 Å². The molecule has 0 bridgehead atoms. The van der Waals surface area contributed by atoms with Gasteiger partial charge in [0.15, 0.2) is 0 Å². The Morgan fingerprint density at radius 1 is 1.26 bits per heavy atom. The van der Waals surface area contributed by atoms with E-state index in [0.29, 0.717) is 18.3 Å². The molecule has 0 N–H and O–H groups in total. The Morgan fingerprint density at radius 2 is 1.95 bits per heavy atom. The number of aromatic nitrogens is 1. The number of oxazole rings is 1. The molecule has 1 heterocycles. The second-order valence-electron chi connectivity index (χ2n) is 4.38. The van der Waals surface area contributed by atoms with Crippen LogP contribution in [-0.4, -0.2) is 17.6 Å². The summed E-state index contributed by atoms with van der Waals surface area (Å²) < 4.78 is 10.6. The summed E-state index contributed by atoms with van der Waals surface area (Å²) in [5.41, 5.74) is 2.81. The van der Waals surface area contributed by atoms with Gasteiger partial charge in [0.1, 0.15) is 12.2 Å². The molecule has 1 aromatic carbocycles. The van der Waals surface area contributed by atoms with Crippen LogP contribution < -0.4 is 0 Å². The zero-order chi connectivity index (χ0) is 13.8. The maximum absolute atomic E-state index is 11.4. The molecule has 2 rings (SSSR count). The van der Waals surface area contributed by atoms with E-state index in [2.05, 4.69) is 4.98 Å². The molecule has 0 spiro atoms. The lowest BCUT2D eigenvalue weighted by Gasteiger charge is -1.99. The Morgan fingerprint density at radius 3 is 2.58 bits per heavy atom. The Labute approximate surface area is 112 Å². The first-order chi connectivity index (χ1) is 9.10. The molecule has 0 aliphatic rings. The molecule has 0 aliphatic carbocycles. The smallest absolute Gasteiger partial charge is 0.313 e. The summed E-state index contributed by atoms with van der Waals surface area (Å²) in [6.07, 6.45) is 0.124. The number of nitrogens with zero attached hydrogens (tertiary/aromatic N) is 1. The summed E-state index contributed by atoms with van der Waals surface area (Å²) in [7, 11) is 0. The summed E-state index contributed by atoms with van der Waals surface area (Å²) in [6, 6.07) is 7.91. The fourth-order valence-corrected chi connectivity index (χ4v) is 1.75. The second kappa shape index (κ2) is 5.69. The van der Waals surface area contributed by atoms with Gasteiger partial charge < -0.3 is 9.15 Å². The molecular formula is C15H17NO3. The molecule has 0 amide bonds. The van der Waals surface area contributed by atoms with Crippen molar-refractivity contribution >= 4 is 5.97 Å². The van der Waals surface area contributed by atoms with Gasteiger partial charge in [-0.2, -0.15) is 0 Å². The van der Waals surface area contributed by atoms with Gasteiger partial charge in [0.25, 0.3) is 0 Å². The van der Waals surface area contributed by atoms with Gasteiger partial charge in [0.05, 0.1) is 12.3 Å². The quantitative estimate of drug-likeness (QED) is 0.792. The van der Waals surface area contributed by atoms with Crippen LogP contribution in [0.15, 0.2) is 28.7 Å². The molecule has 100 valence electrons. The number of carbonyl (C=O) groups is 1. The van der Waals surface area contributed by atoms with Crippen LogP contribution in [0.25, 0.3) is 11.5 Å². The van der Waals surface area contributed by atoms with Crippen molar-refractivity contribution in [3.05, 3.63) is 41.3 Å². The standard InChI is InChI=1S/C15H17NO3/c1-4-18-14(17)9-13-11(3)16-15(19-13)12-7-5-10(2)6-8-12/h5-8H,4,9H2,1-3H3. The first-order valence-corrected chi connectivity index (χ1v) is 6.29. The van der Waals surface area contributed by atoms with Gasteiger partial charge in [-0.3, -0.25) is 4.79 Å². The first-order valence-electron chi connectivity index (χ1n) is 6.29. The van der Waals surface area contributed by atoms with E-state index in [1.54, 1.807) is 6.92 Å². The molecule has 2 aromatic rings. The lowest BCUT2D eigenvalue weighted by molar-refractivity contribution is -0.142. The molecule has 0 atom stereocenters. The number of hydrogen-bond donors (Lipinski definition) is 0. The van der Waals surface area contributed by atoms with Crippen LogP contribution in [0, 0.1) is 13.8 Å². The maximum Gasteiger partial charge on any atom is 0.313 e. The van der Waals surface area contributed by atoms with Crippen LogP contribution >= 0.6 is 0 Å². The number of benzene rings is 1. The van der Waals surface area contributed by atoms with Crippen LogP contribution in [0.2, 0.25) is 0 Å². The van der Waals surface area contributed by atoms with E-state index < -0.39 is 0 Å². The van der Waals surface area contributed by atoms with Gasteiger partial charge in [-0.1, -0.05) is 17.7 Å².